The average Bonchev–Trinajstić information content (AvgIpc) is 1.88. The monoisotopic (exact) mass is 149 g/mol. The molecule has 0 saturated heterocycles. The molecule has 0 aromatic carbocycles. The lowest BCUT2D eigenvalue weighted by atomic mass is 10.6. The van der Waals surface area contributed by atoms with Crippen LogP contribution in [0, 0.1) is 0 Å². The van der Waals surface area contributed by atoms with Gasteiger partial charge in [-0.25, -0.2) is 0 Å². The second-order valence-electron chi connectivity index (χ2n) is 1.61. The highest BCUT2D eigenvalue weighted by Crippen LogP contribution is 1.82. The maximum absolute atomic E-state index is 10.5. The summed E-state index contributed by atoms with van der Waals surface area (Å²) >= 11 is 0. The second kappa shape index (κ2) is 5.16. The lowest BCUT2D eigenvalue weighted by molar-refractivity contribution is -0.172. The first-order valence-corrected chi connectivity index (χ1v) is 2.91. The highest BCUT2D eigenvalue weighted by Gasteiger charge is 2.05. The minimum atomic E-state index is -0.571. The lowest BCUT2D eigenvalue weighted by Gasteiger charge is -2.08. The van der Waals surface area contributed by atoms with Crippen LogP contribution in [0.4, 0.5) is 0 Å². The van der Waals surface area contributed by atoms with Crippen LogP contribution in [-0.2, 0) is 9.53 Å². The van der Waals surface area contributed by atoms with Crippen LogP contribution in [-0.4, -0.2) is 41.2 Å². The fourth-order valence-corrected chi connectivity index (χ4v) is 0.406. The normalized spacial score (nSPS) is 10.0. The number of carbonyl (C=O) groups excluding carboxylic acids is 1. The summed E-state index contributed by atoms with van der Waals surface area (Å²) in [5.41, 5.74) is 0. The van der Waals surface area contributed by atoms with Gasteiger partial charge in [0, 0.05) is 0 Å². The third kappa shape index (κ3) is 4.25. The van der Waals surface area contributed by atoms with Crippen molar-refractivity contribution in [2.45, 2.75) is 6.92 Å². The molecule has 10 heavy (non-hydrogen) atoms. The van der Waals surface area contributed by atoms with E-state index in [1.807, 2.05) is 0 Å². The summed E-state index contributed by atoms with van der Waals surface area (Å²) in [4.78, 5) is 10.5. The number of aliphatic hydroxyl groups is 1. The topological polar surface area (TPSA) is 70.0 Å². The molecule has 0 radical (unpaired) electrons. The second-order valence-corrected chi connectivity index (χ2v) is 1.61. The Labute approximate surface area is 58.8 Å². The number of rotatable bonds is 4. The predicted octanol–water partition coefficient (Wildman–Crippen LogP) is -0.810. The highest BCUT2D eigenvalue weighted by molar-refractivity contribution is 5.71. The number of nitrogens with zero attached hydrogens (tertiary/aromatic N) is 1. The summed E-state index contributed by atoms with van der Waals surface area (Å²) in [6.07, 6.45) is 0. The van der Waals surface area contributed by atoms with Crippen LogP contribution < -0.4 is 0 Å². The summed E-state index contributed by atoms with van der Waals surface area (Å²) in [5.74, 6) is -0.556. The van der Waals surface area contributed by atoms with Gasteiger partial charge in [-0.3, -0.25) is 4.79 Å². The zero-order valence-electron chi connectivity index (χ0n) is 5.78. The molecule has 0 heterocycles. The van der Waals surface area contributed by atoms with Gasteiger partial charge in [0.1, 0.15) is 13.3 Å². The minimum absolute atomic E-state index is 0.276. The van der Waals surface area contributed by atoms with Crippen LogP contribution in [0.3, 0.4) is 0 Å². The Balaban J connectivity index is 3.37. The van der Waals surface area contributed by atoms with Gasteiger partial charge in [-0.1, -0.05) is 0 Å². The zero-order chi connectivity index (χ0) is 7.98. The molecule has 2 N–H and O–H groups in total. The number of ether oxygens (including phenoxy) is 1. The van der Waals surface area contributed by atoms with E-state index in [0.29, 0.717) is 5.06 Å². The number of hydrogen-bond acceptors (Lipinski definition) is 5. The summed E-state index contributed by atoms with van der Waals surface area (Å²) in [6, 6.07) is 0. The number of hydroxylamine groups is 2. The molecule has 0 fully saturated rings. The van der Waals surface area contributed by atoms with Gasteiger partial charge in [-0.05, 0) is 6.92 Å². The van der Waals surface area contributed by atoms with Crippen molar-refractivity contribution in [3.8, 4) is 0 Å². The molecule has 0 aliphatic heterocycles. The molecule has 0 bridgehead atoms. The Morgan fingerprint density at radius 3 is 2.70 bits per heavy atom. The SMILES string of the molecule is CCOC(=O)CN(O)CO. The predicted molar refractivity (Wildman–Crippen MR) is 32.2 cm³/mol. The van der Waals surface area contributed by atoms with Crippen LogP contribution >= 0.6 is 0 Å². The molecule has 0 aliphatic rings. The van der Waals surface area contributed by atoms with Crippen LogP contribution in [0.1, 0.15) is 6.92 Å². The Kier molecular flexibility index (Phi) is 4.82. The quantitative estimate of drug-likeness (QED) is 0.311. The molecule has 5 heteroatoms. The molecule has 60 valence electrons. The molecule has 0 atom stereocenters. The summed E-state index contributed by atoms with van der Waals surface area (Å²) < 4.78 is 4.46. The maximum atomic E-state index is 10.5. The van der Waals surface area contributed by atoms with E-state index in [4.69, 9.17) is 10.3 Å². The third-order valence-electron chi connectivity index (χ3n) is 0.780. The largest absolute Gasteiger partial charge is 0.465 e. The van der Waals surface area contributed by atoms with Gasteiger partial charge < -0.3 is 15.1 Å². The first-order chi connectivity index (χ1) is 4.70. The van der Waals surface area contributed by atoms with Crippen molar-refractivity contribution in [3.63, 3.8) is 0 Å². The molecule has 0 saturated carbocycles. The van der Waals surface area contributed by atoms with E-state index in [-0.39, 0.29) is 13.2 Å². The van der Waals surface area contributed by atoms with Crippen molar-refractivity contribution in [1.29, 1.82) is 0 Å². The molecular formula is C5H11NO4. The summed E-state index contributed by atoms with van der Waals surface area (Å²) in [6.45, 7) is 1.07. The van der Waals surface area contributed by atoms with Gasteiger partial charge in [0.25, 0.3) is 0 Å². The first-order valence-electron chi connectivity index (χ1n) is 2.91. The number of hydrogen-bond donors (Lipinski definition) is 2. The Bertz CT molecular complexity index is 106. The van der Waals surface area contributed by atoms with Gasteiger partial charge in [0.15, 0.2) is 0 Å². The van der Waals surface area contributed by atoms with Gasteiger partial charge in [-0.2, -0.15) is 5.06 Å². The molecule has 0 aromatic heterocycles. The van der Waals surface area contributed by atoms with E-state index in [0.717, 1.165) is 0 Å². The van der Waals surface area contributed by atoms with Gasteiger partial charge >= 0.3 is 5.97 Å². The smallest absolute Gasteiger partial charge is 0.322 e. The molecule has 0 unspecified atom stereocenters. The van der Waals surface area contributed by atoms with E-state index in [2.05, 4.69) is 4.74 Å². The van der Waals surface area contributed by atoms with Crippen LogP contribution in [0.2, 0.25) is 0 Å². The van der Waals surface area contributed by atoms with Crippen molar-refractivity contribution in [2.75, 3.05) is 19.9 Å². The standard InChI is InChI=1S/C5H11NO4/c1-2-10-5(8)3-6(9)4-7/h7,9H,2-4H2,1H3. The summed E-state index contributed by atoms with van der Waals surface area (Å²) in [5, 5.41) is 17.2. The van der Waals surface area contributed by atoms with Crippen molar-refractivity contribution in [2.24, 2.45) is 0 Å². The van der Waals surface area contributed by atoms with Crippen LogP contribution in [0.25, 0.3) is 0 Å². The van der Waals surface area contributed by atoms with Gasteiger partial charge in [-0.15, -0.1) is 0 Å². The van der Waals surface area contributed by atoms with E-state index in [1.54, 1.807) is 6.92 Å². The molecule has 5 nitrogen and oxygen atoms in total. The van der Waals surface area contributed by atoms with Crippen molar-refractivity contribution < 1.29 is 19.8 Å². The fraction of sp³-hybridized carbons (Fsp3) is 0.800. The maximum Gasteiger partial charge on any atom is 0.322 e. The van der Waals surface area contributed by atoms with E-state index < -0.39 is 12.7 Å². The summed E-state index contributed by atoms with van der Waals surface area (Å²) in [7, 11) is 0. The molecule has 0 rings (SSSR count). The van der Waals surface area contributed by atoms with E-state index in [9.17, 15) is 4.79 Å². The third-order valence-corrected chi connectivity index (χ3v) is 0.780. The molecule has 0 aromatic rings. The van der Waals surface area contributed by atoms with E-state index in [1.165, 1.54) is 0 Å². The average molecular weight is 149 g/mol. The lowest BCUT2D eigenvalue weighted by Crippen LogP contribution is -2.28. The van der Waals surface area contributed by atoms with Crippen molar-refractivity contribution >= 4 is 5.97 Å². The van der Waals surface area contributed by atoms with Crippen LogP contribution in [0.5, 0.6) is 0 Å². The Morgan fingerprint density at radius 2 is 2.30 bits per heavy atom. The minimum Gasteiger partial charge on any atom is -0.465 e. The van der Waals surface area contributed by atoms with E-state index >= 15 is 0 Å². The fourth-order valence-electron chi connectivity index (χ4n) is 0.406. The first kappa shape index (κ1) is 9.35. The Hall–Kier alpha value is -0.650. The van der Waals surface area contributed by atoms with Gasteiger partial charge in [0.2, 0.25) is 0 Å². The highest BCUT2D eigenvalue weighted by atomic mass is 16.6. The number of esters is 1. The van der Waals surface area contributed by atoms with Crippen molar-refractivity contribution in [3.05, 3.63) is 0 Å². The number of carbonyl (C=O) groups is 1. The molecule has 0 amide bonds. The van der Waals surface area contributed by atoms with Crippen LogP contribution in [0.15, 0.2) is 0 Å². The van der Waals surface area contributed by atoms with Crippen molar-refractivity contribution in [1.82, 2.24) is 5.06 Å². The number of aliphatic hydroxyl groups excluding tert-OH is 1. The molecule has 0 aliphatic carbocycles. The molecular weight excluding hydrogens is 138 g/mol. The Morgan fingerprint density at radius 1 is 1.70 bits per heavy atom. The zero-order valence-corrected chi connectivity index (χ0v) is 5.78. The molecule has 0 spiro atoms. The van der Waals surface area contributed by atoms with Gasteiger partial charge in [0.05, 0.1) is 6.61 Å².